The Bertz CT molecular complexity index is 1940. The molecule has 294 valence electrons. The number of nitrogens with one attached hydrogen (secondary N) is 3. The number of amides is 4. The molecule has 6 rings (SSSR count). The topological polar surface area (TPSA) is 182 Å². The zero-order chi connectivity index (χ0) is 39.2. The molecule has 1 saturated heterocycles. The highest BCUT2D eigenvalue weighted by Crippen LogP contribution is 2.47. The van der Waals surface area contributed by atoms with Gasteiger partial charge in [-0.2, -0.15) is 4.98 Å². The van der Waals surface area contributed by atoms with E-state index < -0.39 is 73.8 Å². The van der Waals surface area contributed by atoms with Crippen LogP contribution in [-0.4, -0.2) is 89.8 Å². The lowest BCUT2D eigenvalue weighted by Gasteiger charge is -2.33. The molecule has 3 N–H and O–H groups in total. The average molecular weight is 768 g/mol. The van der Waals surface area contributed by atoms with Gasteiger partial charge in [-0.25, -0.2) is 13.2 Å². The maximum atomic E-state index is 14.8. The van der Waals surface area contributed by atoms with Crippen molar-refractivity contribution < 1.29 is 41.8 Å². The maximum absolute atomic E-state index is 14.8. The Morgan fingerprint density at radius 1 is 1.09 bits per heavy atom. The van der Waals surface area contributed by atoms with Crippen LogP contribution in [0.2, 0.25) is 0 Å². The summed E-state index contributed by atoms with van der Waals surface area (Å²) >= 11 is 0. The third-order valence-electron chi connectivity index (χ3n) is 11.1. The van der Waals surface area contributed by atoms with E-state index in [0.717, 1.165) is 11.8 Å². The number of carbonyl (C=O) groups is 4. The van der Waals surface area contributed by atoms with Gasteiger partial charge in [-0.05, 0) is 89.5 Å². The number of hydrogen-bond acceptors (Lipinski definition) is 10. The highest BCUT2D eigenvalue weighted by molar-refractivity contribution is 7.91. The first kappa shape index (κ1) is 39.3. The van der Waals surface area contributed by atoms with Crippen LogP contribution in [0.5, 0.6) is 11.8 Å². The van der Waals surface area contributed by atoms with Crippen LogP contribution in [0.25, 0.3) is 10.8 Å². The number of aromatic nitrogens is 1. The van der Waals surface area contributed by atoms with Gasteiger partial charge >= 0.3 is 6.09 Å². The largest absolute Gasteiger partial charge is 0.481 e. The third-order valence-corrected chi connectivity index (χ3v) is 13.2. The van der Waals surface area contributed by atoms with Crippen LogP contribution in [-0.2, 0) is 29.1 Å². The van der Waals surface area contributed by atoms with Gasteiger partial charge in [0.05, 0.1) is 18.4 Å². The molecule has 54 heavy (non-hydrogen) atoms. The fourth-order valence-electron chi connectivity index (χ4n) is 7.53. The summed E-state index contributed by atoms with van der Waals surface area (Å²) < 4.78 is 45.0. The molecule has 3 fully saturated rings. The second kappa shape index (κ2) is 14.7. The normalized spacial score (nSPS) is 30.4. The van der Waals surface area contributed by atoms with Gasteiger partial charge < -0.3 is 29.7 Å². The van der Waals surface area contributed by atoms with E-state index in [1.165, 1.54) is 12.0 Å². The van der Waals surface area contributed by atoms with Gasteiger partial charge in [0.25, 0.3) is 5.91 Å². The van der Waals surface area contributed by atoms with Gasteiger partial charge in [0.15, 0.2) is 0 Å². The molecule has 4 amide bonds. The van der Waals surface area contributed by atoms with E-state index >= 15 is 0 Å². The van der Waals surface area contributed by atoms with Crippen molar-refractivity contribution in [2.75, 3.05) is 13.7 Å². The number of pyridine rings is 1. The van der Waals surface area contributed by atoms with Crippen LogP contribution in [0, 0.1) is 17.8 Å². The first-order chi connectivity index (χ1) is 25.3. The molecule has 2 aromatic rings. The Balaban J connectivity index is 1.36. The van der Waals surface area contributed by atoms with E-state index in [-0.39, 0.29) is 37.1 Å². The molecule has 0 spiro atoms. The molecular weight excluding hydrogens is 715 g/mol. The molecule has 3 heterocycles. The SMILES string of the molecule is COc1cc2ccccc2c(O[C@@H]2C[C@H]3C(=O)N[C@]4(C(=O)NS(=O)(=O)C5(C)CC5)C[C@H]4/C=C\CC[C@H](C)C[C@@H](C)C(NC(=O)OC(C)(C)C)C(=O)N3C2)n1. The molecule has 14 nitrogen and oxygen atoms in total. The van der Waals surface area contributed by atoms with Crippen LogP contribution in [0.1, 0.15) is 86.5 Å². The number of ether oxygens (including phenoxy) is 3. The van der Waals surface area contributed by atoms with Crippen LogP contribution < -0.4 is 24.8 Å². The molecular formula is C39H53N5O9S. The van der Waals surface area contributed by atoms with Crippen molar-refractivity contribution in [2.45, 2.75) is 121 Å². The van der Waals surface area contributed by atoms with Crippen molar-refractivity contribution in [3.05, 3.63) is 42.5 Å². The fourth-order valence-corrected chi connectivity index (χ4v) is 8.84. The summed E-state index contributed by atoms with van der Waals surface area (Å²) in [4.78, 5) is 62.3. The molecule has 2 aliphatic heterocycles. The number of alkyl carbamates (subject to hydrolysis) is 1. The minimum absolute atomic E-state index is 0.0311. The van der Waals surface area contributed by atoms with E-state index in [1.54, 1.807) is 33.8 Å². The van der Waals surface area contributed by atoms with E-state index in [4.69, 9.17) is 14.2 Å². The monoisotopic (exact) mass is 767 g/mol. The molecule has 1 aromatic carbocycles. The Hall–Kier alpha value is -4.40. The number of fused-ring (bicyclic) bond motifs is 3. The summed E-state index contributed by atoms with van der Waals surface area (Å²) in [6.07, 6.45) is 5.48. The highest BCUT2D eigenvalue weighted by atomic mass is 32.2. The molecule has 15 heteroatoms. The Labute approximate surface area is 317 Å². The molecule has 0 radical (unpaired) electrons. The third kappa shape index (κ3) is 8.30. The van der Waals surface area contributed by atoms with E-state index in [9.17, 15) is 27.6 Å². The smallest absolute Gasteiger partial charge is 0.408 e. The lowest BCUT2D eigenvalue weighted by molar-refractivity contribution is -0.142. The van der Waals surface area contributed by atoms with Crippen molar-refractivity contribution in [1.82, 2.24) is 25.2 Å². The van der Waals surface area contributed by atoms with Gasteiger partial charge in [-0.1, -0.05) is 44.2 Å². The molecule has 1 unspecified atom stereocenters. The number of methoxy groups -OCH3 is 1. The van der Waals surface area contributed by atoms with Crippen LogP contribution >= 0.6 is 0 Å². The standard InChI is InChI=1S/C39H53N5O9S/c1-23-12-8-10-14-26-21-39(26,35(47)43-54(49,50)38(6)16-17-38)42-32(45)29-20-27(52-33-28-15-11-9-13-25(28)19-30(40-33)51-7)22-44(29)34(46)31(24(2)18-23)41-36(48)53-37(3,4)5/h9-11,13-15,19,23-24,26-27,29,31H,8,12,16-18,20-22H2,1-7H3,(H,41,48)(H,42,45)(H,43,47)/b14-10-/t23-,24+,26+,27+,29-,31?,39+/m0/s1. The number of allylic oxidation sites excluding steroid dienone is 1. The maximum Gasteiger partial charge on any atom is 0.408 e. The summed E-state index contributed by atoms with van der Waals surface area (Å²) in [5, 5.41) is 7.24. The van der Waals surface area contributed by atoms with Crippen molar-refractivity contribution in [3.63, 3.8) is 0 Å². The zero-order valence-electron chi connectivity index (χ0n) is 32.1. The quantitative estimate of drug-likeness (QED) is 0.342. The summed E-state index contributed by atoms with van der Waals surface area (Å²) in [5.74, 6) is -1.99. The predicted molar refractivity (Wildman–Crippen MR) is 201 cm³/mol. The van der Waals surface area contributed by atoms with Gasteiger partial charge in [-0.15, -0.1) is 0 Å². The minimum Gasteiger partial charge on any atom is -0.481 e. The lowest BCUT2D eigenvalue weighted by Crippen LogP contribution is -2.59. The predicted octanol–water partition coefficient (Wildman–Crippen LogP) is 4.37. The highest BCUT2D eigenvalue weighted by Gasteiger charge is 2.63. The van der Waals surface area contributed by atoms with E-state index in [2.05, 4.69) is 27.3 Å². The summed E-state index contributed by atoms with van der Waals surface area (Å²) in [6, 6.07) is 7.07. The molecule has 4 aliphatic rings. The van der Waals surface area contributed by atoms with Crippen LogP contribution in [0.15, 0.2) is 42.5 Å². The summed E-state index contributed by atoms with van der Waals surface area (Å²) in [7, 11) is -2.50. The molecule has 1 aromatic heterocycles. The Kier molecular flexibility index (Phi) is 10.7. The number of sulfonamides is 1. The first-order valence-electron chi connectivity index (χ1n) is 18.8. The second-order valence-corrected chi connectivity index (χ2v) is 19.0. The molecule has 2 saturated carbocycles. The van der Waals surface area contributed by atoms with Crippen molar-refractivity contribution in [3.8, 4) is 11.8 Å². The summed E-state index contributed by atoms with van der Waals surface area (Å²) in [5.41, 5.74) is -2.35. The summed E-state index contributed by atoms with van der Waals surface area (Å²) in [6.45, 7) is 10.7. The van der Waals surface area contributed by atoms with Crippen molar-refractivity contribution in [2.24, 2.45) is 17.8 Å². The van der Waals surface area contributed by atoms with Gasteiger partial charge in [0.2, 0.25) is 33.6 Å². The number of hydrogen-bond donors (Lipinski definition) is 3. The number of benzene rings is 1. The Morgan fingerprint density at radius 2 is 1.81 bits per heavy atom. The van der Waals surface area contributed by atoms with E-state index in [1.807, 2.05) is 43.3 Å². The van der Waals surface area contributed by atoms with Crippen molar-refractivity contribution >= 4 is 44.6 Å². The second-order valence-electron chi connectivity index (χ2n) is 16.8. The number of rotatable bonds is 7. The number of carbonyl (C=O) groups excluding carboxylic acids is 4. The van der Waals surface area contributed by atoms with Gasteiger partial charge in [-0.3, -0.25) is 19.1 Å². The average Bonchev–Trinajstić information content (AvgIpc) is 3.97. The molecule has 2 aliphatic carbocycles. The van der Waals surface area contributed by atoms with Crippen molar-refractivity contribution in [1.29, 1.82) is 0 Å². The minimum atomic E-state index is -4.00. The lowest BCUT2D eigenvalue weighted by atomic mass is 9.88. The zero-order valence-corrected chi connectivity index (χ0v) is 33.0. The number of nitrogens with zero attached hydrogens (tertiary/aromatic N) is 2. The van der Waals surface area contributed by atoms with Crippen LogP contribution in [0.3, 0.4) is 0 Å². The molecule has 7 atom stereocenters. The molecule has 0 bridgehead atoms. The van der Waals surface area contributed by atoms with E-state index in [0.29, 0.717) is 36.9 Å². The van der Waals surface area contributed by atoms with Gasteiger partial charge in [0.1, 0.15) is 29.3 Å². The van der Waals surface area contributed by atoms with Crippen LogP contribution in [0.4, 0.5) is 4.79 Å². The first-order valence-corrected chi connectivity index (χ1v) is 20.3. The van der Waals surface area contributed by atoms with Gasteiger partial charge in [0, 0.05) is 23.8 Å². The fraction of sp³-hybridized carbons (Fsp3) is 0.615. The Morgan fingerprint density at radius 3 is 2.50 bits per heavy atom.